The highest BCUT2D eigenvalue weighted by atomic mass is 35.5. The summed E-state index contributed by atoms with van der Waals surface area (Å²) in [5, 5.41) is 10.4. The molecule has 0 aliphatic heterocycles. The number of benzene rings is 2. The molecule has 3 unspecified atom stereocenters. The van der Waals surface area contributed by atoms with Gasteiger partial charge in [-0.15, -0.1) is 12.4 Å². The van der Waals surface area contributed by atoms with E-state index in [0.29, 0.717) is 56.5 Å². The molecule has 6 rings (SSSR count). The van der Waals surface area contributed by atoms with Crippen LogP contribution in [0.5, 0.6) is 11.5 Å². The molecule has 11 heteroatoms. The molecule has 2 aliphatic carbocycles. The second-order valence-corrected chi connectivity index (χ2v) is 11.0. The molecule has 0 saturated heterocycles. The fourth-order valence-corrected chi connectivity index (χ4v) is 6.64. The summed E-state index contributed by atoms with van der Waals surface area (Å²) in [4.78, 5) is 34.2. The van der Waals surface area contributed by atoms with Crippen molar-refractivity contribution in [1.82, 2.24) is 14.5 Å². The smallest absolute Gasteiger partial charge is 0.341 e. The molecule has 4 aromatic rings. The number of anilines is 2. The molecule has 0 radical (unpaired) electrons. The third-order valence-electron chi connectivity index (χ3n) is 8.55. The molecule has 2 saturated carbocycles. The summed E-state index contributed by atoms with van der Waals surface area (Å²) in [5.74, 6) is 7.53. The summed E-state index contributed by atoms with van der Waals surface area (Å²) >= 11 is 0. The third-order valence-corrected chi connectivity index (χ3v) is 8.55. The van der Waals surface area contributed by atoms with Gasteiger partial charge in [0.15, 0.2) is 11.5 Å². The van der Waals surface area contributed by atoms with E-state index in [4.69, 9.17) is 20.9 Å². The summed E-state index contributed by atoms with van der Waals surface area (Å²) in [6, 6.07) is 9.25. The SMILES string of the molecule is COc1cccc(C#Cc2cc(Cc3cnc(N)nc3N)c3c(=O)c(C(=O)O)cn(C4CC5CCC4C5)c3c2)c1OC.Cl. The number of methoxy groups -OCH3 is 2. The maximum absolute atomic E-state index is 13.7. The number of rotatable bonds is 6. The Labute approximate surface area is 254 Å². The zero-order chi connectivity index (χ0) is 29.5. The number of ether oxygens (including phenoxy) is 2. The highest BCUT2D eigenvalue weighted by Gasteiger charge is 2.41. The number of pyridine rings is 1. The molecule has 222 valence electrons. The minimum Gasteiger partial charge on any atom is -0.493 e. The van der Waals surface area contributed by atoms with Crippen molar-refractivity contribution in [3.05, 3.63) is 80.8 Å². The van der Waals surface area contributed by atoms with Crippen LogP contribution < -0.4 is 26.4 Å². The van der Waals surface area contributed by atoms with Crippen LogP contribution in [0.3, 0.4) is 0 Å². The zero-order valence-electron chi connectivity index (χ0n) is 23.8. The molecule has 5 N–H and O–H groups in total. The molecular weight excluding hydrogens is 570 g/mol. The van der Waals surface area contributed by atoms with E-state index in [1.807, 2.05) is 22.8 Å². The van der Waals surface area contributed by atoms with E-state index in [9.17, 15) is 14.7 Å². The number of nitrogens with zero attached hydrogens (tertiary/aromatic N) is 3. The second kappa shape index (κ2) is 11.9. The number of hydrogen-bond donors (Lipinski definition) is 3. The van der Waals surface area contributed by atoms with Crippen LogP contribution in [0.4, 0.5) is 11.8 Å². The van der Waals surface area contributed by atoms with Crippen molar-refractivity contribution in [3.8, 4) is 23.3 Å². The van der Waals surface area contributed by atoms with Gasteiger partial charge in [-0.1, -0.05) is 24.3 Å². The summed E-state index contributed by atoms with van der Waals surface area (Å²) in [5.41, 5.74) is 14.2. The Balaban J connectivity index is 0.00000368. The average molecular weight is 602 g/mol. The molecule has 3 atom stereocenters. The maximum Gasteiger partial charge on any atom is 0.341 e. The maximum atomic E-state index is 13.7. The van der Waals surface area contributed by atoms with Gasteiger partial charge in [0.05, 0.1) is 30.7 Å². The largest absolute Gasteiger partial charge is 0.493 e. The number of para-hydroxylation sites is 1. The number of hydrogen-bond acceptors (Lipinski definition) is 8. The second-order valence-electron chi connectivity index (χ2n) is 11.0. The van der Waals surface area contributed by atoms with Crippen molar-refractivity contribution in [2.45, 2.75) is 38.1 Å². The van der Waals surface area contributed by atoms with E-state index in [0.717, 1.165) is 19.3 Å². The fourth-order valence-electron chi connectivity index (χ4n) is 6.64. The van der Waals surface area contributed by atoms with Gasteiger partial charge in [0, 0.05) is 36.0 Å². The first-order valence-electron chi connectivity index (χ1n) is 13.8. The third kappa shape index (κ3) is 5.44. The summed E-state index contributed by atoms with van der Waals surface area (Å²) < 4.78 is 13.0. The predicted octanol–water partition coefficient (Wildman–Crippen LogP) is 4.44. The first-order chi connectivity index (χ1) is 20.3. The van der Waals surface area contributed by atoms with Crippen LogP contribution in [-0.2, 0) is 6.42 Å². The van der Waals surface area contributed by atoms with Crippen LogP contribution in [0.15, 0.2) is 47.5 Å². The molecule has 2 fully saturated rings. The molecule has 0 spiro atoms. The normalized spacial score (nSPS) is 18.5. The lowest BCUT2D eigenvalue weighted by atomic mass is 9.92. The number of aromatic nitrogens is 3. The molecule has 2 aliphatic rings. The number of halogens is 1. The highest BCUT2D eigenvalue weighted by molar-refractivity contribution is 5.94. The van der Waals surface area contributed by atoms with Crippen molar-refractivity contribution in [2.24, 2.45) is 11.8 Å². The Bertz CT molecular complexity index is 1860. The number of carboxylic acid groups (broad SMARTS) is 1. The highest BCUT2D eigenvalue weighted by Crippen LogP contribution is 2.51. The van der Waals surface area contributed by atoms with Gasteiger partial charge in [0.25, 0.3) is 0 Å². The Kier molecular flexibility index (Phi) is 8.20. The quantitative estimate of drug-likeness (QED) is 0.272. The van der Waals surface area contributed by atoms with Gasteiger partial charge in [-0.2, -0.15) is 4.98 Å². The van der Waals surface area contributed by atoms with Crippen molar-refractivity contribution in [2.75, 3.05) is 25.7 Å². The monoisotopic (exact) mass is 601 g/mol. The molecule has 2 heterocycles. The topological polar surface area (TPSA) is 156 Å². The minimum atomic E-state index is -1.26. The number of fused-ring (bicyclic) bond motifs is 3. The van der Waals surface area contributed by atoms with E-state index in [1.165, 1.54) is 18.8 Å². The van der Waals surface area contributed by atoms with Gasteiger partial charge < -0.3 is 30.6 Å². The lowest BCUT2D eigenvalue weighted by Crippen LogP contribution is -2.24. The fraction of sp³-hybridized carbons (Fsp3) is 0.312. The molecule has 43 heavy (non-hydrogen) atoms. The molecular formula is C32H32ClN5O5. The van der Waals surface area contributed by atoms with Gasteiger partial charge in [-0.05, 0) is 60.9 Å². The van der Waals surface area contributed by atoms with Crippen LogP contribution in [0, 0.1) is 23.7 Å². The lowest BCUT2D eigenvalue weighted by Gasteiger charge is -2.27. The van der Waals surface area contributed by atoms with Crippen LogP contribution in [0.2, 0.25) is 0 Å². The number of nitrogens with two attached hydrogens (primary N) is 2. The molecule has 2 aromatic heterocycles. The van der Waals surface area contributed by atoms with E-state index < -0.39 is 11.4 Å². The number of nitrogen functional groups attached to an aromatic ring is 2. The van der Waals surface area contributed by atoms with Crippen LogP contribution in [0.25, 0.3) is 10.9 Å². The van der Waals surface area contributed by atoms with Crippen molar-refractivity contribution in [1.29, 1.82) is 0 Å². The standard InChI is InChI=1S/C32H31N5O5.ClH/c1-41-26-5-3-4-19(29(26)42-2)8-6-18-11-21(14-22-15-35-32(34)36-30(22)33)27-25(13-18)37(16-23(28(27)38)31(39)40)24-12-17-7-9-20(24)10-17;/h3-5,11,13,15-17,20,24H,7,9-10,12,14H2,1-2H3,(H,39,40)(H4,33,34,35,36);1H. The van der Waals surface area contributed by atoms with E-state index >= 15 is 0 Å². The Morgan fingerprint density at radius 3 is 2.58 bits per heavy atom. The van der Waals surface area contributed by atoms with Crippen molar-refractivity contribution >= 4 is 41.0 Å². The van der Waals surface area contributed by atoms with Gasteiger partial charge in [-0.3, -0.25) is 4.79 Å². The molecule has 0 amide bonds. The van der Waals surface area contributed by atoms with Gasteiger partial charge in [-0.25, -0.2) is 9.78 Å². The van der Waals surface area contributed by atoms with Gasteiger partial charge in [0.1, 0.15) is 11.4 Å². The summed E-state index contributed by atoms with van der Waals surface area (Å²) in [6.07, 6.45) is 7.58. The Morgan fingerprint density at radius 1 is 1.12 bits per heavy atom. The number of carbonyl (C=O) groups is 1. The van der Waals surface area contributed by atoms with Gasteiger partial charge >= 0.3 is 5.97 Å². The summed E-state index contributed by atoms with van der Waals surface area (Å²) in [7, 11) is 3.13. The zero-order valence-corrected chi connectivity index (χ0v) is 24.6. The molecule has 2 bridgehead atoms. The Morgan fingerprint density at radius 2 is 1.93 bits per heavy atom. The summed E-state index contributed by atoms with van der Waals surface area (Å²) in [6.45, 7) is 0. The van der Waals surface area contributed by atoms with Crippen molar-refractivity contribution < 1.29 is 19.4 Å². The van der Waals surface area contributed by atoms with E-state index in [1.54, 1.807) is 26.4 Å². The predicted molar refractivity (Wildman–Crippen MR) is 166 cm³/mol. The minimum absolute atomic E-state index is 0. The molecule has 10 nitrogen and oxygen atoms in total. The van der Waals surface area contributed by atoms with Crippen LogP contribution >= 0.6 is 12.4 Å². The number of aromatic carboxylic acids is 1. The average Bonchev–Trinajstić information content (AvgIpc) is 3.61. The van der Waals surface area contributed by atoms with Crippen molar-refractivity contribution in [3.63, 3.8) is 0 Å². The Hall–Kier alpha value is -4.75. The van der Waals surface area contributed by atoms with Gasteiger partial charge in [0.2, 0.25) is 11.4 Å². The first-order valence-corrected chi connectivity index (χ1v) is 13.8. The van der Waals surface area contributed by atoms with E-state index in [-0.39, 0.29) is 42.2 Å². The van der Waals surface area contributed by atoms with Crippen LogP contribution in [0.1, 0.15) is 64.3 Å². The van der Waals surface area contributed by atoms with E-state index in [2.05, 4.69) is 21.8 Å². The number of carboxylic acids is 1. The lowest BCUT2D eigenvalue weighted by molar-refractivity contribution is 0.0694. The first kappa shape index (κ1) is 29.7. The molecule has 2 aromatic carbocycles. The van der Waals surface area contributed by atoms with Crippen LogP contribution in [-0.4, -0.2) is 39.8 Å².